The van der Waals surface area contributed by atoms with Crippen molar-refractivity contribution in [1.29, 1.82) is 0 Å². The predicted molar refractivity (Wildman–Crippen MR) is 74.3 cm³/mol. The smallest absolute Gasteiger partial charge is 0.225 e. The predicted octanol–water partition coefficient (Wildman–Crippen LogP) is 2.37. The molecular formula is C14H18N4O. The molecule has 1 aromatic heterocycles. The molecule has 100 valence electrons. The van der Waals surface area contributed by atoms with Gasteiger partial charge in [-0.25, -0.2) is 15.0 Å². The summed E-state index contributed by atoms with van der Waals surface area (Å²) in [6.07, 6.45) is 2.93. The van der Waals surface area contributed by atoms with Crippen molar-refractivity contribution in [3.8, 4) is 5.75 Å². The van der Waals surface area contributed by atoms with Crippen molar-refractivity contribution in [2.24, 2.45) is 0 Å². The van der Waals surface area contributed by atoms with Crippen LogP contribution in [0.4, 0.5) is 5.95 Å². The van der Waals surface area contributed by atoms with Crippen molar-refractivity contribution in [3.05, 3.63) is 42.0 Å². The molecule has 0 saturated heterocycles. The lowest BCUT2D eigenvalue weighted by Crippen LogP contribution is -2.24. The molecule has 0 saturated carbocycles. The Morgan fingerprint density at radius 2 is 1.95 bits per heavy atom. The molecule has 1 atom stereocenters. The van der Waals surface area contributed by atoms with Crippen LogP contribution in [0.2, 0.25) is 0 Å². The number of nitrogens with zero attached hydrogens (tertiary/aromatic N) is 3. The molecule has 19 heavy (non-hydrogen) atoms. The average Bonchev–Trinajstić information content (AvgIpc) is 2.39. The monoisotopic (exact) mass is 258 g/mol. The summed E-state index contributed by atoms with van der Waals surface area (Å²) in [7, 11) is 0. The number of benzene rings is 1. The Morgan fingerprint density at radius 3 is 2.63 bits per heavy atom. The summed E-state index contributed by atoms with van der Waals surface area (Å²) < 4.78 is 5.79. The van der Waals surface area contributed by atoms with E-state index in [1.165, 1.54) is 18.2 Å². The SMILES string of the molecule is Cc1ccc(OCC(C)Nc2ncncn2)c(C)c1. The fourth-order valence-electron chi connectivity index (χ4n) is 1.75. The van der Waals surface area contributed by atoms with Gasteiger partial charge in [0.05, 0.1) is 6.04 Å². The highest BCUT2D eigenvalue weighted by Crippen LogP contribution is 2.18. The van der Waals surface area contributed by atoms with Gasteiger partial charge < -0.3 is 10.1 Å². The Labute approximate surface area is 113 Å². The third kappa shape index (κ3) is 3.91. The van der Waals surface area contributed by atoms with Crippen molar-refractivity contribution in [1.82, 2.24) is 15.0 Å². The van der Waals surface area contributed by atoms with Gasteiger partial charge in [-0.15, -0.1) is 0 Å². The number of hydrogen-bond donors (Lipinski definition) is 1. The van der Waals surface area contributed by atoms with Crippen molar-refractivity contribution in [3.63, 3.8) is 0 Å². The maximum absolute atomic E-state index is 5.79. The minimum atomic E-state index is 0.114. The van der Waals surface area contributed by atoms with Gasteiger partial charge in [0.1, 0.15) is 25.0 Å². The molecule has 1 aromatic carbocycles. The molecule has 2 aromatic rings. The molecule has 1 unspecified atom stereocenters. The lowest BCUT2D eigenvalue weighted by molar-refractivity contribution is 0.301. The maximum Gasteiger partial charge on any atom is 0.225 e. The number of rotatable bonds is 5. The van der Waals surface area contributed by atoms with Gasteiger partial charge in [-0.2, -0.15) is 0 Å². The van der Waals surface area contributed by atoms with Crippen molar-refractivity contribution < 1.29 is 4.74 Å². The van der Waals surface area contributed by atoms with E-state index in [0.29, 0.717) is 12.6 Å². The lowest BCUT2D eigenvalue weighted by Gasteiger charge is -2.16. The molecule has 0 aliphatic carbocycles. The quantitative estimate of drug-likeness (QED) is 0.892. The van der Waals surface area contributed by atoms with Crippen molar-refractivity contribution >= 4 is 5.95 Å². The van der Waals surface area contributed by atoms with Gasteiger partial charge in [-0.3, -0.25) is 0 Å². The number of aromatic nitrogens is 3. The minimum Gasteiger partial charge on any atom is -0.491 e. The highest BCUT2D eigenvalue weighted by Gasteiger charge is 2.06. The van der Waals surface area contributed by atoms with E-state index < -0.39 is 0 Å². The summed E-state index contributed by atoms with van der Waals surface area (Å²) in [5, 5.41) is 3.16. The summed E-state index contributed by atoms with van der Waals surface area (Å²) >= 11 is 0. The van der Waals surface area contributed by atoms with Crippen molar-refractivity contribution in [2.75, 3.05) is 11.9 Å². The van der Waals surface area contributed by atoms with Crippen LogP contribution < -0.4 is 10.1 Å². The third-order valence-corrected chi connectivity index (χ3v) is 2.69. The first-order chi connectivity index (χ1) is 9.15. The van der Waals surface area contributed by atoms with Gasteiger partial charge in [0.25, 0.3) is 0 Å². The van der Waals surface area contributed by atoms with E-state index in [9.17, 15) is 0 Å². The summed E-state index contributed by atoms with van der Waals surface area (Å²) in [6.45, 7) is 6.69. The van der Waals surface area contributed by atoms with E-state index in [2.05, 4.69) is 33.3 Å². The first-order valence-electron chi connectivity index (χ1n) is 6.24. The van der Waals surface area contributed by atoms with Crippen LogP contribution in [0.25, 0.3) is 0 Å². The second kappa shape index (κ2) is 6.13. The van der Waals surface area contributed by atoms with E-state index >= 15 is 0 Å². The molecule has 1 N–H and O–H groups in total. The van der Waals surface area contributed by atoms with E-state index in [4.69, 9.17) is 4.74 Å². The van der Waals surface area contributed by atoms with E-state index in [1.807, 2.05) is 26.0 Å². The highest BCUT2D eigenvalue weighted by molar-refractivity contribution is 5.35. The molecule has 0 aliphatic heterocycles. The van der Waals surface area contributed by atoms with Crippen LogP contribution in [0.15, 0.2) is 30.9 Å². The van der Waals surface area contributed by atoms with E-state index in [0.717, 1.165) is 11.3 Å². The number of aryl methyl sites for hydroxylation is 2. The van der Waals surface area contributed by atoms with Gasteiger partial charge >= 0.3 is 0 Å². The third-order valence-electron chi connectivity index (χ3n) is 2.69. The van der Waals surface area contributed by atoms with Gasteiger partial charge in [0.2, 0.25) is 5.95 Å². The molecular weight excluding hydrogens is 240 g/mol. The van der Waals surface area contributed by atoms with Crippen LogP contribution in [0.1, 0.15) is 18.1 Å². The lowest BCUT2D eigenvalue weighted by atomic mass is 10.1. The zero-order valence-corrected chi connectivity index (χ0v) is 11.4. The number of hydrogen-bond acceptors (Lipinski definition) is 5. The van der Waals surface area contributed by atoms with E-state index in [1.54, 1.807) is 0 Å². The zero-order valence-electron chi connectivity index (χ0n) is 11.4. The van der Waals surface area contributed by atoms with Gasteiger partial charge in [-0.1, -0.05) is 17.7 Å². The fraction of sp³-hybridized carbons (Fsp3) is 0.357. The Morgan fingerprint density at radius 1 is 1.21 bits per heavy atom. The second-order valence-corrected chi connectivity index (χ2v) is 4.59. The Hall–Kier alpha value is -2.17. The van der Waals surface area contributed by atoms with Crippen LogP contribution in [-0.4, -0.2) is 27.6 Å². The zero-order chi connectivity index (χ0) is 13.7. The molecule has 0 amide bonds. The van der Waals surface area contributed by atoms with Crippen molar-refractivity contribution in [2.45, 2.75) is 26.8 Å². The molecule has 5 heteroatoms. The Kier molecular flexibility index (Phi) is 4.28. The molecule has 5 nitrogen and oxygen atoms in total. The second-order valence-electron chi connectivity index (χ2n) is 4.59. The molecule has 0 radical (unpaired) electrons. The number of nitrogens with one attached hydrogen (secondary N) is 1. The minimum absolute atomic E-state index is 0.114. The van der Waals surface area contributed by atoms with Crippen LogP contribution in [0.5, 0.6) is 5.75 Å². The molecule has 0 spiro atoms. The van der Waals surface area contributed by atoms with Crippen LogP contribution in [-0.2, 0) is 0 Å². The standard InChI is InChI=1S/C14H18N4O/c1-10-4-5-13(11(2)6-10)19-7-12(3)18-14-16-8-15-9-17-14/h4-6,8-9,12H,7H2,1-3H3,(H,15,16,17,18). The summed E-state index contributed by atoms with van der Waals surface area (Å²) in [5.74, 6) is 1.47. The van der Waals surface area contributed by atoms with Gasteiger partial charge in [0.15, 0.2) is 0 Å². The highest BCUT2D eigenvalue weighted by atomic mass is 16.5. The van der Waals surface area contributed by atoms with Crippen LogP contribution in [0.3, 0.4) is 0 Å². The first-order valence-corrected chi connectivity index (χ1v) is 6.24. The molecule has 0 aliphatic rings. The molecule has 0 bridgehead atoms. The summed E-state index contributed by atoms with van der Waals surface area (Å²) in [4.78, 5) is 11.8. The summed E-state index contributed by atoms with van der Waals surface area (Å²) in [6, 6.07) is 6.27. The van der Waals surface area contributed by atoms with Gasteiger partial charge in [-0.05, 0) is 32.4 Å². The average molecular weight is 258 g/mol. The molecule has 1 heterocycles. The van der Waals surface area contributed by atoms with Crippen LogP contribution >= 0.6 is 0 Å². The molecule has 0 fully saturated rings. The first kappa shape index (κ1) is 13.3. The maximum atomic E-state index is 5.79. The fourth-order valence-corrected chi connectivity index (χ4v) is 1.75. The van der Waals surface area contributed by atoms with Gasteiger partial charge in [0, 0.05) is 0 Å². The molecule has 2 rings (SSSR count). The topological polar surface area (TPSA) is 59.9 Å². The Balaban J connectivity index is 1.88. The largest absolute Gasteiger partial charge is 0.491 e. The number of anilines is 1. The normalized spacial score (nSPS) is 11.9. The Bertz CT molecular complexity index is 530. The number of ether oxygens (including phenoxy) is 1. The summed E-state index contributed by atoms with van der Waals surface area (Å²) in [5.41, 5.74) is 2.38. The van der Waals surface area contributed by atoms with E-state index in [-0.39, 0.29) is 6.04 Å². The van der Waals surface area contributed by atoms with Crippen LogP contribution in [0, 0.1) is 13.8 Å².